The van der Waals surface area contributed by atoms with E-state index >= 15 is 0 Å². The van der Waals surface area contributed by atoms with Gasteiger partial charge in [0.15, 0.2) is 5.92 Å². The number of rotatable bonds is 3. The van der Waals surface area contributed by atoms with Crippen LogP contribution in [-0.4, -0.2) is 24.1 Å². The molecule has 2 aromatic rings. The molecule has 0 unspecified atom stereocenters. The van der Waals surface area contributed by atoms with Crippen LogP contribution in [0.4, 0.5) is 29.3 Å². The number of hydrogen-bond acceptors (Lipinski definition) is 4. The second-order valence-corrected chi connectivity index (χ2v) is 6.08. The number of benzene rings is 2. The van der Waals surface area contributed by atoms with Crippen molar-refractivity contribution in [1.82, 2.24) is 5.32 Å². The van der Waals surface area contributed by atoms with Gasteiger partial charge >= 0.3 is 12.2 Å². The Kier molecular flexibility index (Phi) is 5.00. The van der Waals surface area contributed by atoms with Crippen molar-refractivity contribution < 1.29 is 27.6 Å². The van der Waals surface area contributed by atoms with Crippen LogP contribution < -0.4 is 10.2 Å². The SMILES string of the molecule is Cc1cccc(N2C(=O)NC(=O)[C@@H](C=Nc3ccccc3C(F)(F)F)C2=O)c1. The van der Waals surface area contributed by atoms with Crippen LogP contribution in [0.2, 0.25) is 0 Å². The van der Waals surface area contributed by atoms with Crippen molar-refractivity contribution in [2.75, 3.05) is 4.90 Å². The Bertz CT molecular complexity index is 986. The summed E-state index contributed by atoms with van der Waals surface area (Å²) in [5, 5.41) is 2.02. The zero-order valence-corrected chi connectivity index (χ0v) is 14.5. The third-order valence-electron chi connectivity index (χ3n) is 4.03. The molecule has 1 aliphatic rings. The number of barbiturate groups is 1. The number of aryl methyl sites for hydroxylation is 1. The number of anilines is 1. The van der Waals surface area contributed by atoms with Crippen LogP contribution in [0.15, 0.2) is 53.5 Å². The van der Waals surface area contributed by atoms with E-state index in [1.165, 1.54) is 18.2 Å². The first-order chi connectivity index (χ1) is 13.2. The van der Waals surface area contributed by atoms with Gasteiger partial charge in [-0.05, 0) is 36.8 Å². The van der Waals surface area contributed by atoms with Gasteiger partial charge in [0, 0.05) is 6.21 Å². The van der Waals surface area contributed by atoms with E-state index in [-0.39, 0.29) is 5.69 Å². The molecule has 144 valence electrons. The lowest BCUT2D eigenvalue weighted by molar-refractivity contribution is -0.137. The average molecular weight is 389 g/mol. The van der Waals surface area contributed by atoms with E-state index in [0.717, 1.165) is 28.8 Å². The number of hydrogen-bond donors (Lipinski definition) is 1. The van der Waals surface area contributed by atoms with E-state index in [1.54, 1.807) is 25.1 Å². The summed E-state index contributed by atoms with van der Waals surface area (Å²) in [6.45, 7) is 1.76. The maximum Gasteiger partial charge on any atom is 0.418 e. The number of aliphatic imine (C=N–C) groups is 1. The van der Waals surface area contributed by atoms with Gasteiger partial charge in [-0.3, -0.25) is 19.9 Å². The van der Waals surface area contributed by atoms with Gasteiger partial charge in [-0.2, -0.15) is 13.2 Å². The number of para-hydroxylation sites is 1. The number of alkyl halides is 3. The molecule has 0 bridgehead atoms. The molecule has 1 fully saturated rings. The fraction of sp³-hybridized carbons (Fsp3) is 0.158. The van der Waals surface area contributed by atoms with Crippen molar-refractivity contribution in [1.29, 1.82) is 0 Å². The summed E-state index contributed by atoms with van der Waals surface area (Å²) < 4.78 is 39.2. The number of imide groups is 2. The highest BCUT2D eigenvalue weighted by atomic mass is 19.4. The van der Waals surface area contributed by atoms with E-state index in [2.05, 4.69) is 4.99 Å². The molecule has 9 heteroatoms. The molecule has 3 rings (SSSR count). The van der Waals surface area contributed by atoms with Crippen molar-refractivity contribution in [3.8, 4) is 0 Å². The summed E-state index contributed by atoms with van der Waals surface area (Å²) >= 11 is 0. The third-order valence-corrected chi connectivity index (χ3v) is 4.03. The van der Waals surface area contributed by atoms with E-state index in [0.29, 0.717) is 0 Å². The molecule has 0 radical (unpaired) electrons. The summed E-state index contributed by atoms with van der Waals surface area (Å²) in [7, 11) is 0. The maximum atomic E-state index is 13.1. The van der Waals surface area contributed by atoms with E-state index in [1.807, 2.05) is 5.32 Å². The molecule has 0 aliphatic carbocycles. The Labute approximate surface area is 157 Å². The summed E-state index contributed by atoms with van der Waals surface area (Å²) in [5.74, 6) is -3.39. The number of urea groups is 1. The molecule has 1 N–H and O–H groups in total. The van der Waals surface area contributed by atoms with Gasteiger partial charge < -0.3 is 0 Å². The molecule has 0 saturated carbocycles. The Balaban J connectivity index is 1.94. The zero-order chi connectivity index (χ0) is 20.5. The lowest BCUT2D eigenvalue weighted by Gasteiger charge is -2.28. The normalized spacial score (nSPS) is 17.9. The Morgan fingerprint density at radius 2 is 1.79 bits per heavy atom. The number of carbonyl (C=O) groups excluding carboxylic acids is 3. The molecule has 1 aliphatic heterocycles. The van der Waals surface area contributed by atoms with E-state index < -0.39 is 41.2 Å². The highest BCUT2D eigenvalue weighted by Crippen LogP contribution is 2.36. The number of nitrogens with zero attached hydrogens (tertiary/aromatic N) is 2. The fourth-order valence-electron chi connectivity index (χ4n) is 2.71. The smallest absolute Gasteiger partial charge is 0.276 e. The van der Waals surface area contributed by atoms with Gasteiger partial charge in [0.05, 0.1) is 16.9 Å². The van der Waals surface area contributed by atoms with Crippen molar-refractivity contribution in [2.45, 2.75) is 13.1 Å². The van der Waals surface area contributed by atoms with Crippen LogP contribution in [0.5, 0.6) is 0 Å². The van der Waals surface area contributed by atoms with Gasteiger partial charge in [-0.15, -0.1) is 0 Å². The average Bonchev–Trinajstić information content (AvgIpc) is 2.61. The minimum atomic E-state index is -4.64. The summed E-state index contributed by atoms with van der Waals surface area (Å²) in [4.78, 5) is 41.3. The third kappa shape index (κ3) is 3.78. The van der Waals surface area contributed by atoms with E-state index in [4.69, 9.17) is 0 Å². The van der Waals surface area contributed by atoms with Gasteiger partial charge in [0.1, 0.15) is 0 Å². The molecule has 2 aromatic carbocycles. The van der Waals surface area contributed by atoms with Gasteiger partial charge in [-0.1, -0.05) is 24.3 Å². The predicted molar refractivity (Wildman–Crippen MR) is 95.3 cm³/mol. The highest BCUT2D eigenvalue weighted by molar-refractivity contribution is 6.32. The topological polar surface area (TPSA) is 78.8 Å². The fourth-order valence-corrected chi connectivity index (χ4v) is 2.71. The minimum absolute atomic E-state index is 0.240. The summed E-state index contributed by atoms with van der Waals surface area (Å²) in [6.07, 6.45) is -3.83. The van der Waals surface area contributed by atoms with Crippen molar-refractivity contribution >= 4 is 35.4 Å². The van der Waals surface area contributed by atoms with Crippen LogP contribution in [0.1, 0.15) is 11.1 Å². The summed E-state index contributed by atoms with van der Waals surface area (Å²) in [6, 6.07) is 10.1. The predicted octanol–water partition coefficient (Wildman–Crippen LogP) is 3.62. The Hall–Kier alpha value is -3.49. The number of halogens is 3. The zero-order valence-electron chi connectivity index (χ0n) is 14.5. The Morgan fingerprint density at radius 3 is 2.46 bits per heavy atom. The molecule has 0 aromatic heterocycles. The van der Waals surface area contributed by atoms with Crippen LogP contribution >= 0.6 is 0 Å². The second-order valence-electron chi connectivity index (χ2n) is 6.08. The van der Waals surface area contributed by atoms with Crippen molar-refractivity contribution in [3.63, 3.8) is 0 Å². The van der Waals surface area contributed by atoms with Crippen molar-refractivity contribution in [3.05, 3.63) is 59.7 Å². The van der Waals surface area contributed by atoms with E-state index in [9.17, 15) is 27.6 Å². The number of carbonyl (C=O) groups is 3. The van der Waals surface area contributed by atoms with Gasteiger partial charge in [0.2, 0.25) is 5.91 Å². The molecule has 28 heavy (non-hydrogen) atoms. The molecule has 1 atom stereocenters. The van der Waals surface area contributed by atoms with Gasteiger partial charge in [0.25, 0.3) is 5.91 Å². The van der Waals surface area contributed by atoms with Gasteiger partial charge in [-0.25, -0.2) is 9.69 Å². The molecular weight excluding hydrogens is 375 g/mol. The maximum absolute atomic E-state index is 13.1. The number of nitrogens with one attached hydrogen (secondary N) is 1. The molecule has 0 spiro atoms. The lowest BCUT2D eigenvalue weighted by atomic mass is 10.1. The quantitative estimate of drug-likeness (QED) is 0.643. The molecule has 1 saturated heterocycles. The largest absolute Gasteiger partial charge is 0.418 e. The highest BCUT2D eigenvalue weighted by Gasteiger charge is 2.40. The first kappa shape index (κ1) is 19.3. The van der Waals surface area contributed by atoms with Crippen LogP contribution in [-0.2, 0) is 15.8 Å². The second kappa shape index (κ2) is 7.26. The van der Waals surface area contributed by atoms with Crippen molar-refractivity contribution in [2.24, 2.45) is 10.9 Å². The Morgan fingerprint density at radius 1 is 1.07 bits per heavy atom. The first-order valence-corrected chi connectivity index (χ1v) is 8.14. The lowest BCUT2D eigenvalue weighted by Crippen LogP contribution is -2.58. The summed E-state index contributed by atoms with van der Waals surface area (Å²) in [5.41, 5.74) is -0.417. The van der Waals surface area contributed by atoms with Crippen LogP contribution in [0, 0.1) is 12.8 Å². The van der Waals surface area contributed by atoms with Crippen LogP contribution in [0.25, 0.3) is 0 Å². The molecular formula is C19H14F3N3O3. The monoisotopic (exact) mass is 389 g/mol. The molecule has 4 amide bonds. The standard InChI is InChI=1S/C19H14F3N3O3/c1-11-5-4-6-12(9-11)25-17(27)13(16(26)24-18(25)28)10-23-15-8-3-2-7-14(15)19(20,21)22/h2-10,13H,1H3,(H,24,26,28)/t13-/m1/s1. The molecule has 6 nitrogen and oxygen atoms in total. The number of amides is 4. The molecule has 1 heterocycles. The minimum Gasteiger partial charge on any atom is -0.276 e. The van der Waals surface area contributed by atoms with Crippen LogP contribution in [0.3, 0.4) is 0 Å². The first-order valence-electron chi connectivity index (χ1n) is 8.14.